The Morgan fingerprint density at radius 2 is 2.15 bits per heavy atom. The number of pyridine rings is 1. The smallest absolute Gasteiger partial charge is 0.252 e. The van der Waals surface area contributed by atoms with E-state index in [4.69, 9.17) is 0 Å². The van der Waals surface area contributed by atoms with E-state index in [1.807, 2.05) is 14.1 Å². The van der Waals surface area contributed by atoms with Gasteiger partial charge in [-0.3, -0.25) is 9.78 Å². The number of aromatic nitrogens is 1. The van der Waals surface area contributed by atoms with E-state index in [0.717, 1.165) is 13.0 Å². The fourth-order valence-electron chi connectivity index (χ4n) is 1.93. The van der Waals surface area contributed by atoms with Gasteiger partial charge in [-0.2, -0.15) is 0 Å². The van der Waals surface area contributed by atoms with Gasteiger partial charge in [0.2, 0.25) is 0 Å². The lowest BCUT2D eigenvalue weighted by Gasteiger charge is -2.10. The third-order valence-corrected chi connectivity index (χ3v) is 2.97. The summed E-state index contributed by atoms with van der Waals surface area (Å²) >= 11 is 0. The third kappa shape index (κ3) is 3.74. The van der Waals surface area contributed by atoms with E-state index in [0.29, 0.717) is 23.0 Å². The topological polar surface area (TPSA) is 45.2 Å². The molecule has 0 radical (unpaired) electrons. The van der Waals surface area contributed by atoms with Gasteiger partial charge in [-0.25, -0.2) is 4.39 Å². The molecule has 1 aromatic carbocycles. The first-order valence-electron chi connectivity index (χ1n) is 6.54. The second kappa shape index (κ2) is 6.43. The van der Waals surface area contributed by atoms with Crippen molar-refractivity contribution >= 4 is 16.8 Å². The molecular formula is C15H18FN3O. The average molecular weight is 275 g/mol. The summed E-state index contributed by atoms with van der Waals surface area (Å²) in [4.78, 5) is 18.2. The van der Waals surface area contributed by atoms with Gasteiger partial charge in [0.25, 0.3) is 5.91 Å². The van der Waals surface area contributed by atoms with Crippen LogP contribution < -0.4 is 5.32 Å². The predicted octanol–water partition coefficient (Wildman–Crippen LogP) is 2.06. The highest BCUT2D eigenvalue weighted by Crippen LogP contribution is 2.14. The molecule has 1 N–H and O–H groups in total. The van der Waals surface area contributed by atoms with Crippen LogP contribution in [0.25, 0.3) is 10.9 Å². The summed E-state index contributed by atoms with van der Waals surface area (Å²) in [5.74, 6) is -0.509. The lowest BCUT2D eigenvalue weighted by atomic mass is 10.1. The SMILES string of the molecule is CN(C)CCCNC(=O)c1cnc2ccc(F)cc2c1. The van der Waals surface area contributed by atoms with Crippen LogP contribution in [0, 0.1) is 5.82 Å². The first-order chi connectivity index (χ1) is 9.56. The lowest BCUT2D eigenvalue weighted by molar-refractivity contribution is 0.0952. The first kappa shape index (κ1) is 14.4. The van der Waals surface area contributed by atoms with Crippen molar-refractivity contribution in [3.05, 3.63) is 41.8 Å². The quantitative estimate of drug-likeness (QED) is 0.850. The van der Waals surface area contributed by atoms with Crippen LogP contribution in [0.5, 0.6) is 0 Å². The van der Waals surface area contributed by atoms with E-state index in [1.165, 1.54) is 18.3 Å². The maximum Gasteiger partial charge on any atom is 0.252 e. The first-order valence-corrected chi connectivity index (χ1v) is 6.54. The summed E-state index contributed by atoms with van der Waals surface area (Å²) in [6, 6.07) is 6.00. The number of amides is 1. The Balaban J connectivity index is 2.03. The molecular weight excluding hydrogens is 257 g/mol. The second-order valence-corrected chi connectivity index (χ2v) is 4.97. The van der Waals surface area contributed by atoms with Crippen LogP contribution in [-0.2, 0) is 0 Å². The van der Waals surface area contributed by atoms with Crippen LogP contribution in [0.3, 0.4) is 0 Å². The maximum absolute atomic E-state index is 13.2. The van der Waals surface area contributed by atoms with Gasteiger partial charge in [0.05, 0.1) is 11.1 Å². The van der Waals surface area contributed by atoms with Gasteiger partial charge in [0.15, 0.2) is 0 Å². The zero-order valence-corrected chi connectivity index (χ0v) is 11.7. The van der Waals surface area contributed by atoms with Gasteiger partial charge in [-0.15, -0.1) is 0 Å². The van der Waals surface area contributed by atoms with E-state index in [-0.39, 0.29) is 11.7 Å². The summed E-state index contributed by atoms with van der Waals surface area (Å²) in [5, 5.41) is 3.46. The minimum atomic E-state index is -0.331. The third-order valence-electron chi connectivity index (χ3n) is 2.97. The molecule has 106 valence electrons. The van der Waals surface area contributed by atoms with Crippen LogP contribution in [0.4, 0.5) is 4.39 Å². The monoisotopic (exact) mass is 275 g/mol. The van der Waals surface area contributed by atoms with Crippen molar-refractivity contribution in [2.24, 2.45) is 0 Å². The fraction of sp³-hybridized carbons (Fsp3) is 0.333. The minimum absolute atomic E-state index is 0.178. The Labute approximate surface area is 117 Å². The lowest BCUT2D eigenvalue weighted by Crippen LogP contribution is -2.27. The summed E-state index contributed by atoms with van der Waals surface area (Å²) in [5.41, 5.74) is 1.13. The van der Waals surface area contributed by atoms with Crippen molar-refractivity contribution in [3.8, 4) is 0 Å². The number of fused-ring (bicyclic) bond motifs is 1. The van der Waals surface area contributed by atoms with Crippen molar-refractivity contribution in [2.75, 3.05) is 27.2 Å². The number of carbonyl (C=O) groups is 1. The van der Waals surface area contributed by atoms with Crippen LogP contribution in [0.2, 0.25) is 0 Å². The molecule has 0 aliphatic carbocycles. The van der Waals surface area contributed by atoms with Crippen LogP contribution >= 0.6 is 0 Å². The van der Waals surface area contributed by atoms with Crippen molar-refractivity contribution in [3.63, 3.8) is 0 Å². The Hall–Kier alpha value is -2.01. The molecule has 0 fully saturated rings. The highest BCUT2D eigenvalue weighted by molar-refractivity contribution is 5.97. The van der Waals surface area contributed by atoms with Crippen molar-refractivity contribution < 1.29 is 9.18 Å². The standard InChI is InChI=1S/C15H18FN3O/c1-19(2)7-3-6-17-15(20)12-8-11-9-13(16)4-5-14(11)18-10-12/h4-5,8-10H,3,6-7H2,1-2H3,(H,17,20). The largest absolute Gasteiger partial charge is 0.352 e. The molecule has 2 rings (SSSR count). The second-order valence-electron chi connectivity index (χ2n) is 4.97. The number of halogens is 1. The normalized spacial score (nSPS) is 11.0. The highest BCUT2D eigenvalue weighted by atomic mass is 19.1. The summed E-state index contributed by atoms with van der Waals surface area (Å²) < 4.78 is 13.2. The van der Waals surface area contributed by atoms with Gasteiger partial charge in [0.1, 0.15) is 5.82 Å². The molecule has 20 heavy (non-hydrogen) atoms. The van der Waals surface area contributed by atoms with Crippen molar-refractivity contribution in [1.82, 2.24) is 15.2 Å². The van der Waals surface area contributed by atoms with E-state index < -0.39 is 0 Å². The van der Waals surface area contributed by atoms with Gasteiger partial charge >= 0.3 is 0 Å². The Morgan fingerprint density at radius 1 is 1.35 bits per heavy atom. The molecule has 5 heteroatoms. The van der Waals surface area contributed by atoms with E-state index in [9.17, 15) is 9.18 Å². The van der Waals surface area contributed by atoms with Gasteiger partial charge in [-0.1, -0.05) is 0 Å². The zero-order valence-electron chi connectivity index (χ0n) is 11.7. The summed E-state index contributed by atoms with van der Waals surface area (Å²) in [6.45, 7) is 1.53. The van der Waals surface area contributed by atoms with Crippen LogP contribution in [0.15, 0.2) is 30.5 Å². The summed E-state index contributed by atoms with van der Waals surface area (Å²) in [6.07, 6.45) is 2.40. The van der Waals surface area contributed by atoms with E-state index >= 15 is 0 Å². The molecule has 1 aromatic heterocycles. The van der Waals surface area contributed by atoms with Crippen molar-refractivity contribution in [1.29, 1.82) is 0 Å². The number of benzene rings is 1. The van der Waals surface area contributed by atoms with Crippen LogP contribution in [-0.4, -0.2) is 43.0 Å². The fourth-order valence-corrected chi connectivity index (χ4v) is 1.93. The maximum atomic E-state index is 13.2. The minimum Gasteiger partial charge on any atom is -0.352 e. The summed E-state index contributed by atoms with van der Waals surface area (Å²) in [7, 11) is 3.98. The number of nitrogens with one attached hydrogen (secondary N) is 1. The highest BCUT2D eigenvalue weighted by Gasteiger charge is 2.07. The molecule has 0 saturated heterocycles. The van der Waals surface area contributed by atoms with Crippen LogP contribution in [0.1, 0.15) is 16.8 Å². The predicted molar refractivity (Wildman–Crippen MR) is 77.2 cm³/mol. The zero-order chi connectivity index (χ0) is 14.5. The number of hydrogen-bond acceptors (Lipinski definition) is 3. The Kier molecular flexibility index (Phi) is 4.63. The van der Waals surface area contributed by atoms with Gasteiger partial charge in [0, 0.05) is 18.1 Å². The number of carbonyl (C=O) groups excluding carboxylic acids is 1. The van der Waals surface area contributed by atoms with Gasteiger partial charge in [-0.05, 0) is 51.3 Å². The Bertz CT molecular complexity index is 613. The molecule has 0 saturated carbocycles. The van der Waals surface area contributed by atoms with Gasteiger partial charge < -0.3 is 10.2 Å². The number of rotatable bonds is 5. The average Bonchev–Trinajstić information content (AvgIpc) is 2.42. The molecule has 2 aromatic rings. The van der Waals surface area contributed by atoms with E-state index in [1.54, 1.807) is 12.1 Å². The molecule has 0 aliphatic rings. The molecule has 0 atom stereocenters. The molecule has 0 aliphatic heterocycles. The van der Waals surface area contributed by atoms with Crippen molar-refractivity contribution in [2.45, 2.75) is 6.42 Å². The Morgan fingerprint density at radius 3 is 2.90 bits per heavy atom. The number of hydrogen-bond donors (Lipinski definition) is 1. The number of nitrogens with zero attached hydrogens (tertiary/aromatic N) is 2. The molecule has 1 amide bonds. The molecule has 0 spiro atoms. The molecule has 1 heterocycles. The van der Waals surface area contributed by atoms with E-state index in [2.05, 4.69) is 15.2 Å². The molecule has 0 bridgehead atoms. The molecule has 0 unspecified atom stereocenters. The molecule has 4 nitrogen and oxygen atoms in total.